The van der Waals surface area contributed by atoms with Gasteiger partial charge in [0, 0.05) is 11.1 Å². The lowest BCUT2D eigenvalue weighted by Crippen LogP contribution is -2.11. The minimum absolute atomic E-state index is 0.0623. The summed E-state index contributed by atoms with van der Waals surface area (Å²) in [5, 5.41) is 5.05. The molecular weight excluding hydrogens is 250 g/mol. The molecule has 17 heavy (non-hydrogen) atoms. The highest BCUT2D eigenvalue weighted by Gasteiger charge is 2.08. The number of halogens is 1. The molecule has 0 bridgehead atoms. The zero-order chi connectivity index (χ0) is 12.3. The lowest BCUT2D eigenvalue weighted by molar-refractivity contribution is 0.652. The Hall–Kier alpha value is -0.830. The molecule has 3 heteroatoms. The summed E-state index contributed by atoms with van der Waals surface area (Å²) < 4.78 is 0. The van der Waals surface area contributed by atoms with Gasteiger partial charge in [-0.25, -0.2) is 0 Å². The van der Waals surface area contributed by atoms with Crippen LogP contribution in [0, 0.1) is 6.92 Å². The first-order chi connectivity index (χ1) is 8.15. The topological polar surface area (TPSA) is 26.0 Å². The van der Waals surface area contributed by atoms with Crippen LogP contribution in [0.4, 0.5) is 0 Å². The van der Waals surface area contributed by atoms with E-state index in [1.54, 1.807) is 11.3 Å². The third kappa shape index (κ3) is 3.56. The van der Waals surface area contributed by atoms with Crippen molar-refractivity contribution in [1.82, 2.24) is 0 Å². The Bertz CT molecular complexity index is 459. The summed E-state index contributed by atoms with van der Waals surface area (Å²) in [6.45, 7) is 2.04. The molecule has 0 aliphatic rings. The van der Waals surface area contributed by atoms with E-state index in [4.69, 9.17) is 17.3 Å². The molecule has 0 spiro atoms. The van der Waals surface area contributed by atoms with Gasteiger partial charge in [0.1, 0.15) is 0 Å². The second-order valence-corrected chi connectivity index (χ2v) is 5.56. The van der Waals surface area contributed by atoms with E-state index in [-0.39, 0.29) is 6.04 Å². The summed E-state index contributed by atoms with van der Waals surface area (Å²) in [6.07, 6.45) is 1.98. The number of benzene rings is 1. The Labute approximate surface area is 111 Å². The fourth-order valence-corrected chi connectivity index (χ4v) is 2.90. The maximum absolute atomic E-state index is 6.19. The average Bonchev–Trinajstić information content (AvgIpc) is 2.77. The molecule has 0 amide bonds. The highest BCUT2D eigenvalue weighted by Crippen LogP contribution is 2.22. The van der Waals surface area contributed by atoms with Crippen LogP contribution >= 0.6 is 22.9 Å². The molecule has 0 fully saturated rings. The first kappa shape index (κ1) is 12.6. The second-order valence-electron chi connectivity index (χ2n) is 4.34. The van der Waals surface area contributed by atoms with Crippen LogP contribution in [0.1, 0.15) is 29.2 Å². The standard InChI is InChI=1S/C14H16ClNS/c1-10-6-12(8-13(15)7-10)14(16)3-2-11-4-5-17-9-11/h4-9,14H,2-3,16H2,1H3. The van der Waals surface area contributed by atoms with Crippen molar-refractivity contribution in [2.75, 3.05) is 0 Å². The Kier molecular flexibility index (Phi) is 4.21. The van der Waals surface area contributed by atoms with Gasteiger partial charge in [-0.1, -0.05) is 17.7 Å². The number of hydrogen-bond acceptors (Lipinski definition) is 2. The Balaban J connectivity index is 2.01. The Morgan fingerprint density at radius 2 is 2.18 bits per heavy atom. The normalized spacial score (nSPS) is 12.6. The number of hydrogen-bond donors (Lipinski definition) is 1. The number of thiophene rings is 1. The fourth-order valence-electron chi connectivity index (χ4n) is 1.90. The third-order valence-electron chi connectivity index (χ3n) is 2.82. The van der Waals surface area contributed by atoms with Crippen LogP contribution in [0.15, 0.2) is 35.0 Å². The number of aryl methyl sites for hydroxylation is 2. The number of nitrogens with two attached hydrogens (primary N) is 1. The van der Waals surface area contributed by atoms with E-state index in [9.17, 15) is 0 Å². The second kappa shape index (κ2) is 5.67. The maximum Gasteiger partial charge on any atom is 0.0411 e. The molecule has 0 saturated heterocycles. The smallest absolute Gasteiger partial charge is 0.0411 e. The molecule has 1 unspecified atom stereocenters. The molecule has 1 atom stereocenters. The molecule has 90 valence electrons. The van der Waals surface area contributed by atoms with Gasteiger partial charge in [-0.2, -0.15) is 11.3 Å². The van der Waals surface area contributed by atoms with Crippen molar-refractivity contribution in [2.24, 2.45) is 5.73 Å². The average molecular weight is 266 g/mol. The maximum atomic E-state index is 6.19. The molecule has 2 N–H and O–H groups in total. The predicted octanol–water partition coefficient (Wildman–Crippen LogP) is 4.34. The van der Waals surface area contributed by atoms with Gasteiger partial charge in [0.15, 0.2) is 0 Å². The van der Waals surface area contributed by atoms with Crippen LogP contribution in [-0.4, -0.2) is 0 Å². The summed E-state index contributed by atoms with van der Waals surface area (Å²) >= 11 is 7.77. The fraction of sp³-hybridized carbons (Fsp3) is 0.286. The van der Waals surface area contributed by atoms with Gasteiger partial charge in [0.2, 0.25) is 0 Å². The van der Waals surface area contributed by atoms with Crippen molar-refractivity contribution in [1.29, 1.82) is 0 Å². The molecule has 1 nitrogen and oxygen atoms in total. The summed E-state index contributed by atoms with van der Waals surface area (Å²) in [7, 11) is 0. The summed E-state index contributed by atoms with van der Waals surface area (Å²) in [5.41, 5.74) is 9.85. The molecule has 1 aromatic carbocycles. The Morgan fingerprint density at radius 1 is 1.35 bits per heavy atom. The van der Waals surface area contributed by atoms with Gasteiger partial charge in [-0.15, -0.1) is 0 Å². The van der Waals surface area contributed by atoms with Crippen LogP contribution in [0.5, 0.6) is 0 Å². The van der Waals surface area contributed by atoms with Crippen molar-refractivity contribution >= 4 is 22.9 Å². The van der Waals surface area contributed by atoms with Crippen LogP contribution in [0.2, 0.25) is 5.02 Å². The van der Waals surface area contributed by atoms with Crippen molar-refractivity contribution in [3.63, 3.8) is 0 Å². The lowest BCUT2D eigenvalue weighted by atomic mass is 9.99. The van der Waals surface area contributed by atoms with E-state index in [1.165, 1.54) is 11.1 Å². The molecule has 2 rings (SSSR count). The van der Waals surface area contributed by atoms with E-state index in [2.05, 4.69) is 22.9 Å². The zero-order valence-corrected chi connectivity index (χ0v) is 11.4. The molecular formula is C14H16ClNS. The van der Waals surface area contributed by atoms with Gasteiger partial charge >= 0.3 is 0 Å². The molecule has 0 aliphatic heterocycles. The van der Waals surface area contributed by atoms with Crippen LogP contribution in [-0.2, 0) is 6.42 Å². The SMILES string of the molecule is Cc1cc(Cl)cc(C(N)CCc2ccsc2)c1. The minimum Gasteiger partial charge on any atom is -0.324 e. The van der Waals surface area contributed by atoms with Crippen LogP contribution in [0.25, 0.3) is 0 Å². The highest BCUT2D eigenvalue weighted by molar-refractivity contribution is 7.07. The summed E-state index contributed by atoms with van der Waals surface area (Å²) in [6, 6.07) is 8.25. The van der Waals surface area contributed by atoms with E-state index in [1.807, 2.05) is 19.1 Å². The molecule has 2 aromatic rings. The van der Waals surface area contributed by atoms with Gasteiger partial charge in [0.05, 0.1) is 0 Å². The number of rotatable bonds is 4. The first-order valence-corrected chi connectivity index (χ1v) is 7.01. The molecule has 1 heterocycles. The summed E-state index contributed by atoms with van der Waals surface area (Å²) in [4.78, 5) is 0. The van der Waals surface area contributed by atoms with E-state index in [0.717, 1.165) is 23.4 Å². The van der Waals surface area contributed by atoms with Crippen molar-refractivity contribution < 1.29 is 0 Å². The van der Waals surface area contributed by atoms with Gasteiger partial charge in [0.25, 0.3) is 0 Å². The van der Waals surface area contributed by atoms with Crippen molar-refractivity contribution in [3.05, 3.63) is 56.7 Å². The molecule has 1 aromatic heterocycles. The van der Waals surface area contributed by atoms with Crippen LogP contribution in [0.3, 0.4) is 0 Å². The first-order valence-electron chi connectivity index (χ1n) is 5.69. The minimum atomic E-state index is 0.0623. The largest absolute Gasteiger partial charge is 0.324 e. The predicted molar refractivity (Wildman–Crippen MR) is 75.8 cm³/mol. The van der Waals surface area contributed by atoms with Gasteiger partial charge in [-0.3, -0.25) is 0 Å². The highest BCUT2D eigenvalue weighted by atomic mass is 35.5. The van der Waals surface area contributed by atoms with Crippen LogP contribution < -0.4 is 5.73 Å². The van der Waals surface area contributed by atoms with E-state index in [0.29, 0.717) is 0 Å². The van der Waals surface area contributed by atoms with Crippen molar-refractivity contribution in [2.45, 2.75) is 25.8 Å². The summed E-state index contributed by atoms with van der Waals surface area (Å²) in [5.74, 6) is 0. The molecule has 0 saturated carbocycles. The quantitative estimate of drug-likeness (QED) is 0.874. The monoisotopic (exact) mass is 265 g/mol. The lowest BCUT2D eigenvalue weighted by Gasteiger charge is -2.12. The van der Waals surface area contributed by atoms with Crippen molar-refractivity contribution in [3.8, 4) is 0 Å². The van der Waals surface area contributed by atoms with E-state index >= 15 is 0 Å². The van der Waals surface area contributed by atoms with E-state index < -0.39 is 0 Å². The zero-order valence-electron chi connectivity index (χ0n) is 9.82. The molecule has 0 radical (unpaired) electrons. The third-order valence-corrected chi connectivity index (χ3v) is 3.77. The molecule has 0 aliphatic carbocycles. The van der Waals surface area contributed by atoms with Gasteiger partial charge in [-0.05, 0) is 65.4 Å². The Morgan fingerprint density at radius 3 is 2.82 bits per heavy atom. The van der Waals surface area contributed by atoms with Gasteiger partial charge < -0.3 is 5.73 Å².